The van der Waals surface area contributed by atoms with Crippen LogP contribution in [0.2, 0.25) is 0 Å². The van der Waals surface area contributed by atoms with E-state index < -0.39 is 5.82 Å². The van der Waals surface area contributed by atoms with Crippen molar-refractivity contribution in [2.75, 3.05) is 18.0 Å². The van der Waals surface area contributed by atoms with Gasteiger partial charge in [-0.3, -0.25) is 0 Å². The predicted molar refractivity (Wildman–Crippen MR) is 57.8 cm³/mol. The minimum absolute atomic E-state index is 0.0506. The minimum atomic E-state index is -0.509. The van der Waals surface area contributed by atoms with E-state index in [2.05, 4.69) is 5.92 Å². The van der Waals surface area contributed by atoms with Crippen LogP contribution in [-0.2, 0) is 0 Å². The zero-order chi connectivity index (χ0) is 11.3. The van der Waals surface area contributed by atoms with Crippen molar-refractivity contribution in [1.82, 2.24) is 0 Å². The summed E-state index contributed by atoms with van der Waals surface area (Å²) in [6, 6.07) is 6.39. The molecule has 0 saturated heterocycles. The first kappa shape index (κ1) is 11.1. The van der Waals surface area contributed by atoms with Crippen LogP contribution in [0.25, 0.3) is 0 Å². The van der Waals surface area contributed by atoms with E-state index in [0.717, 1.165) is 0 Å². The van der Waals surface area contributed by atoms with Crippen molar-refractivity contribution in [2.24, 2.45) is 0 Å². The Kier molecular flexibility index (Phi) is 3.71. The molecule has 76 valence electrons. The molecule has 0 spiro atoms. The van der Waals surface area contributed by atoms with Crippen LogP contribution in [0.3, 0.4) is 0 Å². The highest BCUT2D eigenvalue weighted by Crippen LogP contribution is 2.21. The number of hydrogen-bond donors (Lipinski definition) is 0. The van der Waals surface area contributed by atoms with Gasteiger partial charge in [0.1, 0.15) is 17.4 Å². The Labute approximate surface area is 88.9 Å². The van der Waals surface area contributed by atoms with Gasteiger partial charge in [-0.05, 0) is 19.1 Å². The molecule has 0 aliphatic heterocycles. The van der Waals surface area contributed by atoms with Gasteiger partial charge in [0.25, 0.3) is 0 Å². The van der Waals surface area contributed by atoms with Crippen LogP contribution in [0.15, 0.2) is 18.2 Å². The molecule has 3 heteroatoms. The quantitative estimate of drug-likeness (QED) is 0.702. The molecule has 0 aromatic heterocycles. The first-order chi connectivity index (χ1) is 7.24. The molecule has 2 nitrogen and oxygen atoms in total. The molecule has 1 aromatic carbocycles. The zero-order valence-electron chi connectivity index (χ0n) is 8.50. The Balaban J connectivity index is 3.19. The first-order valence-electron chi connectivity index (χ1n) is 4.61. The van der Waals surface area contributed by atoms with E-state index >= 15 is 0 Å². The Morgan fingerprint density at radius 3 is 2.80 bits per heavy atom. The van der Waals surface area contributed by atoms with Crippen molar-refractivity contribution in [1.29, 1.82) is 5.26 Å². The number of terminal acetylenes is 1. The molecular weight excluding hydrogens is 191 g/mol. The zero-order valence-corrected chi connectivity index (χ0v) is 8.50. The number of halogens is 1. The van der Waals surface area contributed by atoms with Gasteiger partial charge in [-0.25, -0.2) is 4.39 Å². The Bertz CT molecular complexity index is 426. The summed E-state index contributed by atoms with van der Waals surface area (Å²) >= 11 is 0. The molecule has 0 aliphatic carbocycles. The van der Waals surface area contributed by atoms with Crippen LogP contribution in [0.5, 0.6) is 0 Å². The number of nitrogens with zero attached hydrogens (tertiary/aromatic N) is 2. The molecule has 0 heterocycles. The summed E-state index contributed by atoms with van der Waals surface area (Å²) in [7, 11) is 0. The van der Waals surface area contributed by atoms with E-state index in [-0.39, 0.29) is 5.56 Å². The molecular formula is C12H11FN2. The molecule has 0 bridgehead atoms. The van der Waals surface area contributed by atoms with Crippen LogP contribution in [0, 0.1) is 29.5 Å². The average molecular weight is 202 g/mol. The fourth-order valence-corrected chi connectivity index (χ4v) is 1.36. The van der Waals surface area contributed by atoms with Gasteiger partial charge in [-0.15, -0.1) is 6.42 Å². The van der Waals surface area contributed by atoms with Crippen LogP contribution >= 0.6 is 0 Å². The average Bonchev–Trinajstić information content (AvgIpc) is 2.25. The lowest BCUT2D eigenvalue weighted by atomic mass is 10.1. The molecule has 0 amide bonds. The second-order valence-corrected chi connectivity index (χ2v) is 2.96. The lowest BCUT2D eigenvalue weighted by Crippen LogP contribution is -2.24. The van der Waals surface area contributed by atoms with Gasteiger partial charge in [-0.1, -0.05) is 12.0 Å². The number of rotatable bonds is 3. The fraction of sp³-hybridized carbons (Fsp3) is 0.250. The largest absolute Gasteiger partial charge is 0.360 e. The molecule has 0 unspecified atom stereocenters. The molecule has 0 saturated carbocycles. The van der Waals surface area contributed by atoms with Gasteiger partial charge in [0.05, 0.1) is 12.2 Å². The van der Waals surface area contributed by atoms with Crippen molar-refractivity contribution in [2.45, 2.75) is 6.92 Å². The Morgan fingerprint density at radius 1 is 1.53 bits per heavy atom. The highest BCUT2D eigenvalue weighted by molar-refractivity contribution is 5.60. The third kappa shape index (κ3) is 2.27. The summed E-state index contributed by atoms with van der Waals surface area (Å²) < 4.78 is 13.3. The van der Waals surface area contributed by atoms with Crippen molar-refractivity contribution in [3.63, 3.8) is 0 Å². The maximum Gasteiger partial charge on any atom is 0.143 e. The standard InChI is InChI=1S/C12H11FN2/c1-3-8-15(4-2)12-7-5-6-11(13)10(12)9-14/h1,5-7H,4,8H2,2H3. The molecule has 0 radical (unpaired) electrons. The topological polar surface area (TPSA) is 27.0 Å². The number of nitriles is 1. The summed E-state index contributed by atoms with van der Waals surface area (Å²) in [5, 5.41) is 8.84. The first-order valence-corrected chi connectivity index (χ1v) is 4.61. The van der Waals surface area contributed by atoms with Gasteiger partial charge in [0, 0.05) is 6.54 Å². The van der Waals surface area contributed by atoms with E-state index in [4.69, 9.17) is 11.7 Å². The highest BCUT2D eigenvalue weighted by Gasteiger charge is 2.12. The molecule has 0 N–H and O–H groups in total. The fourth-order valence-electron chi connectivity index (χ4n) is 1.36. The van der Waals surface area contributed by atoms with Gasteiger partial charge in [0.2, 0.25) is 0 Å². The second-order valence-electron chi connectivity index (χ2n) is 2.96. The molecule has 15 heavy (non-hydrogen) atoms. The van der Waals surface area contributed by atoms with Crippen molar-refractivity contribution in [3.8, 4) is 18.4 Å². The number of anilines is 1. The van der Waals surface area contributed by atoms with E-state index in [1.807, 2.05) is 13.0 Å². The van der Waals surface area contributed by atoms with Crippen molar-refractivity contribution < 1.29 is 4.39 Å². The summed E-state index contributed by atoms with van der Waals surface area (Å²) in [5.41, 5.74) is 0.604. The number of hydrogen-bond acceptors (Lipinski definition) is 2. The molecule has 1 aromatic rings. The predicted octanol–water partition coefficient (Wildman–Crippen LogP) is 2.16. The van der Waals surface area contributed by atoms with Crippen LogP contribution in [0.1, 0.15) is 12.5 Å². The maximum absolute atomic E-state index is 13.3. The van der Waals surface area contributed by atoms with E-state index in [0.29, 0.717) is 18.8 Å². The summed E-state index contributed by atoms with van der Waals surface area (Å²) in [4.78, 5) is 1.78. The third-order valence-corrected chi connectivity index (χ3v) is 2.11. The lowest BCUT2D eigenvalue weighted by Gasteiger charge is -2.21. The SMILES string of the molecule is C#CCN(CC)c1cccc(F)c1C#N. The summed E-state index contributed by atoms with van der Waals surface area (Å²) in [6.45, 7) is 2.92. The maximum atomic E-state index is 13.3. The third-order valence-electron chi connectivity index (χ3n) is 2.11. The van der Waals surface area contributed by atoms with Crippen LogP contribution in [-0.4, -0.2) is 13.1 Å². The van der Waals surface area contributed by atoms with E-state index in [1.165, 1.54) is 6.07 Å². The Hall–Kier alpha value is -2.00. The smallest absolute Gasteiger partial charge is 0.143 e. The monoisotopic (exact) mass is 202 g/mol. The molecule has 0 atom stereocenters. The van der Waals surface area contributed by atoms with Gasteiger partial charge in [-0.2, -0.15) is 5.26 Å². The molecule has 0 aliphatic rings. The van der Waals surface area contributed by atoms with Gasteiger partial charge < -0.3 is 4.90 Å². The lowest BCUT2D eigenvalue weighted by molar-refractivity contribution is 0.623. The van der Waals surface area contributed by atoms with Crippen molar-refractivity contribution in [3.05, 3.63) is 29.6 Å². The second kappa shape index (κ2) is 5.02. The highest BCUT2D eigenvalue weighted by atomic mass is 19.1. The summed E-state index contributed by atoms with van der Waals surface area (Å²) in [5.74, 6) is 1.97. The molecule has 1 rings (SSSR count). The van der Waals surface area contributed by atoms with Gasteiger partial charge >= 0.3 is 0 Å². The molecule has 0 fully saturated rings. The summed E-state index contributed by atoms with van der Waals surface area (Å²) in [6.07, 6.45) is 5.20. The number of benzene rings is 1. The van der Waals surface area contributed by atoms with E-state index in [9.17, 15) is 4.39 Å². The van der Waals surface area contributed by atoms with E-state index in [1.54, 1.807) is 17.0 Å². The van der Waals surface area contributed by atoms with Crippen LogP contribution in [0.4, 0.5) is 10.1 Å². The minimum Gasteiger partial charge on any atom is -0.360 e. The normalized spacial score (nSPS) is 9.07. The van der Waals surface area contributed by atoms with Crippen molar-refractivity contribution >= 4 is 5.69 Å². The van der Waals surface area contributed by atoms with Crippen LogP contribution < -0.4 is 4.90 Å². The van der Waals surface area contributed by atoms with Gasteiger partial charge in [0.15, 0.2) is 0 Å². The Morgan fingerprint density at radius 2 is 2.27 bits per heavy atom.